The van der Waals surface area contributed by atoms with Crippen LogP contribution < -0.4 is 0 Å². The molecule has 2 nitrogen and oxygen atoms in total. The lowest BCUT2D eigenvalue weighted by Gasteiger charge is -2.35. The van der Waals surface area contributed by atoms with E-state index < -0.39 is 0 Å². The molecule has 0 aliphatic heterocycles. The van der Waals surface area contributed by atoms with E-state index in [-0.39, 0.29) is 10.7 Å². The standard InChI is InChI=1S/C26H26O2S/c1-2-28-25(27)20-12-13-21-29-26(22-14-6-3-7-15-22,23-16-8-4-9-17-23)24-18-10-5-11-19-24/h3-12,14-20H,2,13,21H2,1H3. The summed E-state index contributed by atoms with van der Waals surface area (Å²) in [5, 5.41) is 0. The van der Waals surface area contributed by atoms with Gasteiger partial charge in [-0.15, -0.1) is 11.8 Å². The van der Waals surface area contributed by atoms with Gasteiger partial charge in [-0.25, -0.2) is 4.79 Å². The fourth-order valence-electron chi connectivity index (χ4n) is 3.42. The second-order valence-corrected chi connectivity index (χ2v) is 7.88. The predicted octanol–water partition coefficient (Wildman–Crippen LogP) is 6.22. The largest absolute Gasteiger partial charge is 0.463 e. The molecule has 148 valence electrons. The Kier molecular flexibility index (Phi) is 7.71. The van der Waals surface area contributed by atoms with Crippen molar-refractivity contribution < 1.29 is 9.53 Å². The number of carbonyl (C=O) groups is 1. The highest BCUT2D eigenvalue weighted by Crippen LogP contribution is 2.48. The van der Waals surface area contributed by atoms with Gasteiger partial charge >= 0.3 is 5.97 Å². The Balaban J connectivity index is 1.96. The Morgan fingerprint density at radius 3 is 1.69 bits per heavy atom. The Morgan fingerprint density at radius 2 is 1.28 bits per heavy atom. The first-order valence-electron chi connectivity index (χ1n) is 9.91. The average molecular weight is 403 g/mol. The van der Waals surface area contributed by atoms with E-state index in [1.54, 1.807) is 0 Å². The zero-order valence-corrected chi connectivity index (χ0v) is 17.5. The first-order valence-corrected chi connectivity index (χ1v) is 10.9. The molecular weight excluding hydrogens is 376 g/mol. The average Bonchev–Trinajstić information content (AvgIpc) is 2.78. The van der Waals surface area contributed by atoms with Gasteiger partial charge in [0.1, 0.15) is 0 Å². The van der Waals surface area contributed by atoms with Crippen LogP contribution in [0, 0.1) is 0 Å². The highest BCUT2D eigenvalue weighted by Gasteiger charge is 2.36. The third-order valence-corrected chi connectivity index (χ3v) is 6.26. The van der Waals surface area contributed by atoms with Gasteiger partial charge < -0.3 is 4.74 Å². The number of hydrogen-bond acceptors (Lipinski definition) is 3. The van der Waals surface area contributed by atoms with Crippen LogP contribution in [0.15, 0.2) is 103 Å². The van der Waals surface area contributed by atoms with Gasteiger partial charge in [0.2, 0.25) is 0 Å². The van der Waals surface area contributed by atoms with Crippen molar-refractivity contribution in [3.05, 3.63) is 120 Å². The second-order valence-electron chi connectivity index (χ2n) is 6.57. The number of hydrogen-bond donors (Lipinski definition) is 0. The zero-order valence-electron chi connectivity index (χ0n) is 16.7. The molecule has 3 heteroatoms. The summed E-state index contributed by atoms with van der Waals surface area (Å²) in [5.41, 5.74) is 3.74. The number of thioether (sulfide) groups is 1. The molecule has 3 aromatic rings. The summed E-state index contributed by atoms with van der Waals surface area (Å²) in [6.45, 7) is 2.21. The molecule has 0 spiro atoms. The molecule has 0 bridgehead atoms. The lowest BCUT2D eigenvalue weighted by atomic mass is 9.84. The molecule has 0 heterocycles. The highest BCUT2D eigenvalue weighted by atomic mass is 32.2. The molecule has 0 saturated heterocycles. The number of rotatable bonds is 9. The monoisotopic (exact) mass is 402 g/mol. The van der Waals surface area contributed by atoms with Gasteiger partial charge in [0.15, 0.2) is 0 Å². The molecule has 3 rings (SSSR count). The topological polar surface area (TPSA) is 26.3 Å². The number of esters is 1. The smallest absolute Gasteiger partial charge is 0.330 e. The fraction of sp³-hybridized carbons (Fsp3) is 0.192. The van der Waals surface area contributed by atoms with E-state index in [0.717, 1.165) is 12.2 Å². The van der Waals surface area contributed by atoms with Crippen molar-refractivity contribution in [1.82, 2.24) is 0 Å². The van der Waals surface area contributed by atoms with Gasteiger partial charge in [0.05, 0.1) is 11.4 Å². The minimum atomic E-state index is -0.318. The van der Waals surface area contributed by atoms with Crippen molar-refractivity contribution in [2.75, 3.05) is 12.4 Å². The van der Waals surface area contributed by atoms with Crippen LogP contribution in [0.1, 0.15) is 30.0 Å². The number of allylic oxidation sites excluding steroid dienone is 1. The van der Waals surface area contributed by atoms with E-state index in [0.29, 0.717) is 6.61 Å². The predicted molar refractivity (Wildman–Crippen MR) is 122 cm³/mol. The van der Waals surface area contributed by atoms with E-state index >= 15 is 0 Å². The minimum Gasteiger partial charge on any atom is -0.463 e. The van der Waals surface area contributed by atoms with Gasteiger partial charge in [0.25, 0.3) is 0 Å². The molecule has 0 saturated carbocycles. The third kappa shape index (κ3) is 5.18. The molecule has 0 unspecified atom stereocenters. The van der Waals surface area contributed by atoms with Crippen LogP contribution in [-0.4, -0.2) is 18.3 Å². The van der Waals surface area contributed by atoms with E-state index in [9.17, 15) is 4.79 Å². The molecule has 0 radical (unpaired) electrons. The normalized spacial score (nSPS) is 11.5. The van der Waals surface area contributed by atoms with Crippen LogP contribution in [0.2, 0.25) is 0 Å². The SMILES string of the molecule is CCOC(=O)C=CCCSC(c1ccccc1)(c1ccccc1)c1ccccc1. The second kappa shape index (κ2) is 10.7. The molecule has 0 fully saturated rings. The Morgan fingerprint density at radius 1 is 0.828 bits per heavy atom. The van der Waals surface area contributed by atoms with Gasteiger partial charge in [-0.05, 0) is 35.8 Å². The summed E-state index contributed by atoms with van der Waals surface area (Å²) < 4.78 is 4.65. The van der Waals surface area contributed by atoms with Crippen molar-refractivity contribution in [3.8, 4) is 0 Å². The molecule has 3 aromatic carbocycles. The fourth-order valence-corrected chi connectivity index (χ4v) is 4.89. The number of ether oxygens (including phenoxy) is 1. The first kappa shape index (κ1) is 20.9. The zero-order chi connectivity index (χ0) is 20.4. The number of benzene rings is 3. The quantitative estimate of drug-likeness (QED) is 0.184. The van der Waals surface area contributed by atoms with Crippen LogP contribution in [0.3, 0.4) is 0 Å². The van der Waals surface area contributed by atoms with E-state index in [4.69, 9.17) is 4.74 Å². The summed E-state index contributed by atoms with van der Waals surface area (Å²) in [7, 11) is 0. The van der Waals surface area contributed by atoms with E-state index in [2.05, 4.69) is 91.0 Å². The maximum Gasteiger partial charge on any atom is 0.330 e. The molecule has 0 aromatic heterocycles. The Labute approximate surface area is 177 Å². The summed E-state index contributed by atoms with van der Waals surface area (Å²) in [5.74, 6) is 0.590. The lowest BCUT2D eigenvalue weighted by molar-refractivity contribution is -0.137. The Bertz CT molecular complexity index is 809. The first-order chi connectivity index (χ1) is 14.3. The maximum absolute atomic E-state index is 11.6. The van der Waals surface area contributed by atoms with Crippen molar-refractivity contribution in [1.29, 1.82) is 0 Å². The van der Waals surface area contributed by atoms with Gasteiger partial charge in [-0.1, -0.05) is 97.1 Å². The van der Waals surface area contributed by atoms with E-state index in [1.165, 1.54) is 22.8 Å². The van der Waals surface area contributed by atoms with Crippen molar-refractivity contribution in [2.24, 2.45) is 0 Å². The van der Waals surface area contributed by atoms with Crippen LogP contribution >= 0.6 is 11.8 Å². The Hall–Kier alpha value is -2.78. The summed E-state index contributed by atoms with van der Waals surface area (Å²) >= 11 is 1.89. The van der Waals surface area contributed by atoms with Crippen LogP contribution in [0.4, 0.5) is 0 Å². The molecule has 0 atom stereocenters. The van der Waals surface area contributed by atoms with Crippen molar-refractivity contribution in [3.63, 3.8) is 0 Å². The molecular formula is C26H26O2S. The number of carbonyl (C=O) groups excluding carboxylic acids is 1. The van der Waals surface area contributed by atoms with Crippen LogP contribution in [0.25, 0.3) is 0 Å². The van der Waals surface area contributed by atoms with E-state index in [1.807, 2.05) is 24.8 Å². The molecule has 0 aliphatic carbocycles. The molecule has 29 heavy (non-hydrogen) atoms. The summed E-state index contributed by atoms with van der Waals surface area (Å²) in [6.07, 6.45) is 4.22. The molecule has 0 aliphatic rings. The minimum absolute atomic E-state index is 0.280. The lowest BCUT2D eigenvalue weighted by Crippen LogP contribution is -2.26. The van der Waals surface area contributed by atoms with Crippen LogP contribution in [0.5, 0.6) is 0 Å². The van der Waals surface area contributed by atoms with Gasteiger partial charge in [0, 0.05) is 6.08 Å². The molecule has 0 amide bonds. The highest BCUT2D eigenvalue weighted by molar-refractivity contribution is 8.00. The third-order valence-electron chi connectivity index (χ3n) is 4.68. The summed E-state index contributed by atoms with van der Waals surface area (Å²) in [6, 6.07) is 31.9. The van der Waals surface area contributed by atoms with Gasteiger partial charge in [-0.3, -0.25) is 0 Å². The van der Waals surface area contributed by atoms with Crippen LogP contribution in [-0.2, 0) is 14.3 Å². The van der Waals surface area contributed by atoms with Crippen molar-refractivity contribution in [2.45, 2.75) is 18.1 Å². The van der Waals surface area contributed by atoms with Crippen molar-refractivity contribution >= 4 is 17.7 Å². The molecule has 0 N–H and O–H groups in total. The summed E-state index contributed by atoms with van der Waals surface area (Å²) in [4.78, 5) is 11.6. The van der Waals surface area contributed by atoms with Gasteiger partial charge in [-0.2, -0.15) is 0 Å². The maximum atomic E-state index is 11.6.